The molecule has 0 spiro atoms. The smallest absolute Gasteiger partial charge is 0.317 e. The number of hydrogen-bond donors (Lipinski definition) is 1. The van der Waals surface area contributed by atoms with Gasteiger partial charge in [-0.05, 0) is 54.7 Å². The van der Waals surface area contributed by atoms with Crippen LogP contribution in [0, 0.1) is 0 Å². The molecule has 2 heterocycles. The van der Waals surface area contributed by atoms with E-state index < -0.39 is 0 Å². The lowest BCUT2D eigenvalue weighted by Crippen LogP contribution is -2.53. The third kappa shape index (κ3) is 4.34. The van der Waals surface area contributed by atoms with Crippen molar-refractivity contribution in [2.75, 3.05) is 33.3 Å². The Kier molecular flexibility index (Phi) is 5.64. The number of aromatic nitrogens is 1. The second kappa shape index (κ2) is 8.51. The van der Waals surface area contributed by atoms with Crippen LogP contribution in [-0.4, -0.2) is 60.0 Å². The van der Waals surface area contributed by atoms with Gasteiger partial charge in [0.05, 0.1) is 7.11 Å². The normalized spacial score (nSPS) is 15.8. The van der Waals surface area contributed by atoms with Crippen LogP contribution < -0.4 is 10.1 Å². The fourth-order valence-corrected chi connectivity index (χ4v) is 3.89. The molecule has 1 aromatic carbocycles. The van der Waals surface area contributed by atoms with E-state index in [-0.39, 0.29) is 11.9 Å². The number of rotatable bonds is 4. The number of piperazine rings is 1. The molecule has 4 rings (SSSR count). The number of fused-ring (bicyclic) bond motifs is 1. The van der Waals surface area contributed by atoms with E-state index in [0.717, 1.165) is 30.6 Å². The zero-order valence-electron chi connectivity index (χ0n) is 16.7. The zero-order chi connectivity index (χ0) is 20.2. The Balaban J connectivity index is 1.26. The van der Waals surface area contributed by atoms with Crippen LogP contribution in [0.4, 0.5) is 4.79 Å². The SMILES string of the molecule is COc1ccc(C(=O)N2CCN(C(=O)NCc3cnc4c(c3)CCC4)CC2)cc1. The third-order valence-electron chi connectivity index (χ3n) is 5.61. The van der Waals surface area contributed by atoms with E-state index in [1.165, 1.54) is 11.3 Å². The molecule has 0 bridgehead atoms. The average Bonchev–Trinajstić information content (AvgIpc) is 3.25. The monoisotopic (exact) mass is 394 g/mol. The first-order chi connectivity index (χ1) is 14.1. The van der Waals surface area contributed by atoms with Crippen LogP contribution in [0.25, 0.3) is 0 Å². The van der Waals surface area contributed by atoms with Crippen molar-refractivity contribution in [1.82, 2.24) is 20.1 Å². The largest absolute Gasteiger partial charge is 0.497 e. The van der Waals surface area contributed by atoms with E-state index in [0.29, 0.717) is 38.3 Å². The third-order valence-corrected chi connectivity index (χ3v) is 5.61. The highest BCUT2D eigenvalue weighted by Crippen LogP contribution is 2.20. The Morgan fingerprint density at radius 1 is 1.07 bits per heavy atom. The molecule has 1 aliphatic heterocycles. The lowest BCUT2D eigenvalue weighted by atomic mass is 10.1. The average molecular weight is 394 g/mol. The summed E-state index contributed by atoms with van der Waals surface area (Å²) in [7, 11) is 1.60. The first-order valence-corrected chi connectivity index (χ1v) is 10.1. The highest BCUT2D eigenvalue weighted by molar-refractivity contribution is 5.94. The number of carbonyl (C=O) groups is 2. The standard InChI is InChI=1S/C22H26N4O3/c1-29-19-7-5-17(6-8-19)21(27)25-9-11-26(12-10-25)22(28)24-15-16-13-18-3-2-4-20(18)23-14-16/h5-8,13-14H,2-4,9-12,15H2,1H3,(H,24,28). The lowest BCUT2D eigenvalue weighted by molar-refractivity contribution is 0.0665. The zero-order valence-corrected chi connectivity index (χ0v) is 16.7. The van der Waals surface area contributed by atoms with Gasteiger partial charge in [0.2, 0.25) is 0 Å². The Morgan fingerprint density at radius 3 is 2.52 bits per heavy atom. The molecule has 152 valence electrons. The van der Waals surface area contributed by atoms with Crippen molar-refractivity contribution in [3.05, 3.63) is 58.9 Å². The molecule has 7 nitrogen and oxygen atoms in total. The number of urea groups is 1. The number of benzene rings is 1. The van der Waals surface area contributed by atoms with Crippen LogP contribution >= 0.6 is 0 Å². The van der Waals surface area contributed by atoms with Gasteiger partial charge < -0.3 is 19.9 Å². The molecule has 29 heavy (non-hydrogen) atoms. The molecule has 1 fully saturated rings. The Bertz CT molecular complexity index is 889. The van der Waals surface area contributed by atoms with E-state index >= 15 is 0 Å². The molecule has 7 heteroatoms. The fraction of sp³-hybridized carbons (Fsp3) is 0.409. The van der Waals surface area contributed by atoms with Gasteiger partial charge in [0, 0.05) is 50.2 Å². The van der Waals surface area contributed by atoms with Crippen LogP contribution in [0.1, 0.15) is 33.6 Å². The maximum Gasteiger partial charge on any atom is 0.317 e. The molecule has 3 amide bonds. The van der Waals surface area contributed by atoms with Gasteiger partial charge >= 0.3 is 6.03 Å². The molecule has 1 aromatic heterocycles. The number of carbonyl (C=O) groups excluding carboxylic acids is 2. The number of nitrogens with zero attached hydrogens (tertiary/aromatic N) is 3. The lowest BCUT2D eigenvalue weighted by Gasteiger charge is -2.34. The van der Waals surface area contributed by atoms with Gasteiger partial charge in [0.25, 0.3) is 5.91 Å². The number of methoxy groups -OCH3 is 1. The minimum atomic E-state index is -0.0953. The summed E-state index contributed by atoms with van der Waals surface area (Å²) in [5.74, 6) is 0.707. The summed E-state index contributed by atoms with van der Waals surface area (Å²) in [5, 5.41) is 2.98. The van der Waals surface area contributed by atoms with Gasteiger partial charge in [0.15, 0.2) is 0 Å². The van der Waals surface area contributed by atoms with Crippen LogP contribution in [0.2, 0.25) is 0 Å². The molecule has 2 aromatic rings. The van der Waals surface area contributed by atoms with Crippen molar-refractivity contribution in [3.63, 3.8) is 0 Å². The molecule has 2 aliphatic rings. The van der Waals surface area contributed by atoms with Gasteiger partial charge in [-0.15, -0.1) is 0 Å². The van der Waals surface area contributed by atoms with Gasteiger partial charge in [0.1, 0.15) is 5.75 Å². The topological polar surface area (TPSA) is 74.8 Å². The summed E-state index contributed by atoms with van der Waals surface area (Å²) in [6.45, 7) is 2.58. The second-order valence-electron chi connectivity index (χ2n) is 7.47. The first-order valence-electron chi connectivity index (χ1n) is 10.1. The van der Waals surface area contributed by atoms with Gasteiger partial charge in [-0.1, -0.05) is 6.07 Å². The quantitative estimate of drug-likeness (QED) is 0.863. The predicted octanol–water partition coefficient (Wildman–Crippen LogP) is 2.25. The summed E-state index contributed by atoms with van der Waals surface area (Å²) >= 11 is 0. The van der Waals surface area contributed by atoms with Gasteiger partial charge in [-0.25, -0.2) is 4.79 Å². The number of ether oxygens (including phenoxy) is 1. The maximum absolute atomic E-state index is 12.6. The van der Waals surface area contributed by atoms with Crippen molar-refractivity contribution in [3.8, 4) is 5.75 Å². The van der Waals surface area contributed by atoms with Crippen molar-refractivity contribution in [2.24, 2.45) is 0 Å². The Labute approximate surface area is 170 Å². The number of amides is 3. The summed E-state index contributed by atoms with van der Waals surface area (Å²) in [6.07, 6.45) is 5.16. The van der Waals surface area contributed by atoms with Crippen LogP contribution in [-0.2, 0) is 19.4 Å². The minimum Gasteiger partial charge on any atom is -0.497 e. The highest BCUT2D eigenvalue weighted by Gasteiger charge is 2.25. The maximum atomic E-state index is 12.6. The van der Waals surface area contributed by atoms with Crippen molar-refractivity contribution in [2.45, 2.75) is 25.8 Å². The van der Waals surface area contributed by atoms with Crippen LogP contribution in [0.3, 0.4) is 0 Å². The molecule has 1 saturated heterocycles. The number of aryl methyl sites for hydroxylation is 2. The van der Waals surface area contributed by atoms with E-state index in [1.807, 2.05) is 6.20 Å². The summed E-state index contributed by atoms with van der Waals surface area (Å²) in [5.41, 5.74) is 4.17. The van der Waals surface area contributed by atoms with E-state index in [1.54, 1.807) is 41.2 Å². The van der Waals surface area contributed by atoms with Crippen molar-refractivity contribution in [1.29, 1.82) is 0 Å². The van der Waals surface area contributed by atoms with E-state index in [2.05, 4.69) is 16.4 Å². The molecule has 0 radical (unpaired) electrons. The van der Waals surface area contributed by atoms with E-state index in [9.17, 15) is 9.59 Å². The highest BCUT2D eigenvalue weighted by atomic mass is 16.5. The molecule has 0 saturated carbocycles. The second-order valence-corrected chi connectivity index (χ2v) is 7.47. The predicted molar refractivity (Wildman–Crippen MR) is 109 cm³/mol. The Morgan fingerprint density at radius 2 is 1.79 bits per heavy atom. The van der Waals surface area contributed by atoms with Crippen molar-refractivity contribution < 1.29 is 14.3 Å². The van der Waals surface area contributed by atoms with Gasteiger partial charge in [-0.3, -0.25) is 9.78 Å². The molecular formula is C22H26N4O3. The number of nitrogens with one attached hydrogen (secondary N) is 1. The number of hydrogen-bond acceptors (Lipinski definition) is 4. The minimum absolute atomic E-state index is 0.0167. The van der Waals surface area contributed by atoms with Crippen LogP contribution in [0.15, 0.2) is 36.5 Å². The van der Waals surface area contributed by atoms with Crippen molar-refractivity contribution >= 4 is 11.9 Å². The summed E-state index contributed by atoms with van der Waals surface area (Å²) in [6, 6.07) is 9.16. The van der Waals surface area contributed by atoms with Crippen LogP contribution in [0.5, 0.6) is 5.75 Å². The van der Waals surface area contributed by atoms with E-state index in [4.69, 9.17) is 4.74 Å². The molecule has 1 aliphatic carbocycles. The molecule has 0 unspecified atom stereocenters. The molecule has 0 atom stereocenters. The Hall–Kier alpha value is -3.09. The van der Waals surface area contributed by atoms with Gasteiger partial charge in [-0.2, -0.15) is 0 Å². The summed E-state index contributed by atoms with van der Waals surface area (Å²) in [4.78, 5) is 33.2. The molecular weight excluding hydrogens is 368 g/mol. The fourth-order valence-electron chi connectivity index (χ4n) is 3.89. The molecule has 1 N–H and O–H groups in total. The summed E-state index contributed by atoms with van der Waals surface area (Å²) < 4.78 is 5.13. The number of pyridine rings is 1. The first kappa shape index (κ1) is 19.2.